The zero-order valence-electron chi connectivity index (χ0n) is 8.41. The number of benzene rings is 1. The molecule has 5 nitrogen and oxygen atoms in total. The molecule has 0 radical (unpaired) electrons. The summed E-state index contributed by atoms with van der Waals surface area (Å²) in [5, 5.41) is 21.2. The van der Waals surface area contributed by atoms with Crippen molar-refractivity contribution in [1.29, 1.82) is 0 Å². The van der Waals surface area contributed by atoms with Gasteiger partial charge in [-0.3, -0.25) is 0 Å². The van der Waals surface area contributed by atoms with Gasteiger partial charge in [-0.15, -0.1) is 15.0 Å². The molecule has 0 saturated heterocycles. The molecule has 1 aromatic heterocycles. The molecule has 0 bridgehead atoms. The van der Waals surface area contributed by atoms with E-state index < -0.39 is 6.23 Å². The number of nitrogens with zero attached hydrogens (tertiary/aromatic N) is 4. The zero-order chi connectivity index (χ0) is 10.7. The van der Waals surface area contributed by atoms with Gasteiger partial charge in [0.05, 0.1) is 0 Å². The quantitative estimate of drug-likeness (QED) is 0.817. The lowest BCUT2D eigenvalue weighted by atomic mass is 10.2. The van der Waals surface area contributed by atoms with E-state index in [2.05, 4.69) is 15.4 Å². The third kappa shape index (κ3) is 2.02. The fraction of sp³-hybridized carbons (Fsp3) is 0.300. The molecule has 0 aliphatic heterocycles. The van der Waals surface area contributed by atoms with Crippen LogP contribution < -0.4 is 0 Å². The molecule has 2 aromatic rings. The summed E-state index contributed by atoms with van der Waals surface area (Å²) in [5.74, 6) is 0.531. The summed E-state index contributed by atoms with van der Waals surface area (Å²) in [6.07, 6.45) is -0.139. The summed E-state index contributed by atoms with van der Waals surface area (Å²) < 4.78 is 0. The molecule has 1 N–H and O–H groups in total. The lowest BCUT2D eigenvalue weighted by molar-refractivity contribution is 0.0702. The number of aliphatic hydroxyl groups is 1. The van der Waals surface area contributed by atoms with Crippen molar-refractivity contribution in [2.24, 2.45) is 0 Å². The molecule has 0 aliphatic rings. The molecule has 78 valence electrons. The van der Waals surface area contributed by atoms with Crippen molar-refractivity contribution in [2.75, 3.05) is 0 Å². The number of rotatable bonds is 3. The summed E-state index contributed by atoms with van der Waals surface area (Å²) >= 11 is 0. The van der Waals surface area contributed by atoms with Gasteiger partial charge in [-0.2, -0.15) is 0 Å². The molecular weight excluding hydrogens is 192 g/mol. The molecule has 1 heterocycles. The number of hydrogen-bond acceptors (Lipinski definition) is 4. The predicted molar refractivity (Wildman–Crippen MR) is 54.8 cm³/mol. The highest BCUT2D eigenvalue weighted by atomic mass is 16.3. The van der Waals surface area contributed by atoms with Crippen LogP contribution in [0.15, 0.2) is 30.3 Å². The second-order valence-electron chi connectivity index (χ2n) is 3.19. The second-order valence-corrected chi connectivity index (χ2v) is 3.19. The van der Waals surface area contributed by atoms with Crippen LogP contribution in [0.25, 0.3) is 11.4 Å². The van der Waals surface area contributed by atoms with E-state index >= 15 is 0 Å². The van der Waals surface area contributed by atoms with Crippen molar-refractivity contribution >= 4 is 0 Å². The first-order valence-electron chi connectivity index (χ1n) is 4.84. The number of tetrazole rings is 1. The van der Waals surface area contributed by atoms with Crippen molar-refractivity contribution in [3.05, 3.63) is 30.3 Å². The standard InChI is InChI=1S/C10H12N4O/c1-2-9(15)14-12-10(11-13-14)8-6-4-3-5-7-8/h3-7,9,15H,2H2,1H3. The fourth-order valence-corrected chi connectivity index (χ4v) is 1.22. The zero-order valence-corrected chi connectivity index (χ0v) is 8.41. The minimum Gasteiger partial charge on any atom is -0.370 e. The van der Waals surface area contributed by atoms with Gasteiger partial charge in [0.15, 0.2) is 6.23 Å². The van der Waals surface area contributed by atoms with Gasteiger partial charge in [-0.25, -0.2) is 0 Å². The van der Waals surface area contributed by atoms with Crippen molar-refractivity contribution in [1.82, 2.24) is 20.2 Å². The van der Waals surface area contributed by atoms with E-state index in [1.165, 1.54) is 4.80 Å². The normalized spacial score (nSPS) is 12.7. The Balaban J connectivity index is 2.28. The maximum absolute atomic E-state index is 9.49. The molecule has 0 amide bonds. The molecule has 1 atom stereocenters. The Morgan fingerprint density at radius 2 is 2.07 bits per heavy atom. The Morgan fingerprint density at radius 1 is 1.33 bits per heavy atom. The first kappa shape index (κ1) is 9.79. The van der Waals surface area contributed by atoms with Crippen molar-refractivity contribution in [2.45, 2.75) is 19.6 Å². The smallest absolute Gasteiger partial charge is 0.205 e. The van der Waals surface area contributed by atoms with E-state index in [4.69, 9.17) is 0 Å². The molecule has 15 heavy (non-hydrogen) atoms. The van der Waals surface area contributed by atoms with E-state index in [0.29, 0.717) is 12.2 Å². The molecule has 1 aromatic carbocycles. The molecule has 0 saturated carbocycles. The third-order valence-corrected chi connectivity index (χ3v) is 2.09. The average molecular weight is 204 g/mol. The molecule has 0 fully saturated rings. The summed E-state index contributed by atoms with van der Waals surface area (Å²) in [6, 6.07) is 9.55. The first-order valence-corrected chi connectivity index (χ1v) is 4.84. The Morgan fingerprint density at radius 3 is 2.73 bits per heavy atom. The fourth-order valence-electron chi connectivity index (χ4n) is 1.22. The van der Waals surface area contributed by atoms with Gasteiger partial charge in [0.1, 0.15) is 0 Å². The second kappa shape index (κ2) is 4.18. The minimum absolute atomic E-state index is 0.531. The highest BCUT2D eigenvalue weighted by Crippen LogP contribution is 2.13. The largest absolute Gasteiger partial charge is 0.370 e. The lowest BCUT2D eigenvalue weighted by Gasteiger charge is -2.03. The van der Waals surface area contributed by atoms with Gasteiger partial charge in [0.25, 0.3) is 0 Å². The van der Waals surface area contributed by atoms with E-state index in [1.54, 1.807) is 0 Å². The molecule has 0 spiro atoms. The van der Waals surface area contributed by atoms with Crippen molar-refractivity contribution in [3.8, 4) is 11.4 Å². The maximum Gasteiger partial charge on any atom is 0.205 e. The van der Waals surface area contributed by atoms with Crippen LogP contribution in [0.2, 0.25) is 0 Å². The molecule has 2 rings (SSSR count). The number of hydrogen-bond donors (Lipinski definition) is 1. The van der Waals surface area contributed by atoms with Gasteiger partial charge in [0, 0.05) is 5.56 Å². The highest BCUT2D eigenvalue weighted by Gasteiger charge is 2.09. The van der Waals surface area contributed by atoms with Gasteiger partial charge >= 0.3 is 0 Å². The SMILES string of the molecule is CCC(O)n1nnc(-c2ccccc2)n1. The first-order chi connectivity index (χ1) is 7.31. The van der Waals surface area contributed by atoms with Gasteiger partial charge in [0.2, 0.25) is 5.82 Å². The van der Waals surface area contributed by atoms with Crippen LogP contribution in [-0.4, -0.2) is 25.3 Å². The Hall–Kier alpha value is -1.75. The Labute approximate surface area is 87.4 Å². The summed E-state index contributed by atoms with van der Waals surface area (Å²) in [5.41, 5.74) is 0.895. The van der Waals surface area contributed by atoms with E-state index in [1.807, 2.05) is 37.3 Å². The highest BCUT2D eigenvalue weighted by molar-refractivity contribution is 5.52. The monoisotopic (exact) mass is 204 g/mol. The van der Waals surface area contributed by atoms with Crippen LogP contribution in [0.3, 0.4) is 0 Å². The summed E-state index contributed by atoms with van der Waals surface area (Å²) in [6.45, 7) is 1.86. The summed E-state index contributed by atoms with van der Waals surface area (Å²) in [4.78, 5) is 1.22. The lowest BCUT2D eigenvalue weighted by Crippen LogP contribution is -2.10. The number of aliphatic hydroxyl groups excluding tert-OH is 1. The van der Waals surface area contributed by atoms with Crippen molar-refractivity contribution < 1.29 is 5.11 Å². The minimum atomic E-state index is -0.699. The van der Waals surface area contributed by atoms with Crippen LogP contribution in [0.4, 0.5) is 0 Å². The molecule has 1 unspecified atom stereocenters. The predicted octanol–water partition coefficient (Wildman–Crippen LogP) is 1.24. The van der Waals surface area contributed by atoms with E-state index in [-0.39, 0.29) is 0 Å². The summed E-state index contributed by atoms with van der Waals surface area (Å²) in [7, 11) is 0. The van der Waals surface area contributed by atoms with Crippen LogP contribution in [0.1, 0.15) is 19.6 Å². The van der Waals surface area contributed by atoms with Crippen LogP contribution >= 0.6 is 0 Å². The topological polar surface area (TPSA) is 63.8 Å². The maximum atomic E-state index is 9.49. The van der Waals surface area contributed by atoms with E-state index in [0.717, 1.165) is 5.56 Å². The van der Waals surface area contributed by atoms with Gasteiger partial charge in [-0.1, -0.05) is 37.3 Å². The van der Waals surface area contributed by atoms with Crippen LogP contribution in [0, 0.1) is 0 Å². The van der Waals surface area contributed by atoms with Crippen molar-refractivity contribution in [3.63, 3.8) is 0 Å². The third-order valence-electron chi connectivity index (χ3n) is 2.09. The molecule has 5 heteroatoms. The van der Waals surface area contributed by atoms with Gasteiger partial charge in [-0.05, 0) is 11.6 Å². The van der Waals surface area contributed by atoms with Gasteiger partial charge < -0.3 is 5.11 Å². The molecular formula is C10H12N4O. The van der Waals surface area contributed by atoms with Crippen LogP contribution in [0.5, 0.6) is 0 Å². The average Bonchev–Trinajstić information content (AvgIpc) is 2.78. The van der Waals surface area contributed by atoms with E-state index in [9.17, 15) is 5.11 Å². The van der Waals surface area contributed by atoms with Crippen LogP contribution in [-0.2, 0) is 0 Å². The molecule has 0 aliphatic carbocycles. The Bertz CT molecular complexity index is 426. The Kier molecular flexibility index (Phi) is 2.73. The number of aromatic nitrogens is 4.